The van der Waals surface area contributed by atoms with E-state index in [-0.39, 0.29) is 12.0 Å². The Morgan fingerprint density at radius 1 is 1.65 bits per heavy atom. The third kappa shape index (κ3) is 2.99. The van der Waals surface area contributed by atoms with Crippen molar-refractivity contribution in [2.24, 2.45) is 15.9 Å². The third-order valence-electron chi connectivity index (χ3n) is 4.35. The molecule has 0 aromatic rings. The Bertz CT molecular complexity index is 581. The van der Waals surface area contributed by atoms with Crippen LogP contribution in [-0.2, 0) is 9.47 Å². The van der Waals surface area contributed by atoms with E-state index in [1.54, 1.807) is 18.4 Å². The van der Waals surface area contributed by atoms with E-state index >= 15 is 0 Å². The molecule has 2 bridgehead atoms. The Labute approximate surface area is 133 Å². The van der Waals surface area contributed by atoms with E-state index in [0.29, 0.717) is 19.4 Å². The average Bonchev–Trinajstić information content (AvgIpc) is 3.01. The first-order valence-electron chi connectivity index (χ1n) is 7.68. The van der Waals surface area contributed by atoms with Gasteiger partial charge < -0.3 is 9.47 Å². The van der Waals surface area contributed by atoms with Gasteiger partial charge in [-0.15, -0.1) is 0 Å². The van der Waals surface area contributed by atoms with Gasteiger partial charge in [0.15, 0.2) is 0 Å². The summed E-state index contributed by atoms with van der Waals surface area (Å²) in [6.45, 7) is 3.53. The fraction of sp³-hybridized carbons (Fsp3) is 0.733. The molecule has 8 heteroatoms. The lowest BCUT2D eigenvalue weighted by atomic mass is 9.69. The molecule has 126 valence electrons. The van der Waals surface area contributed by atoms with Crippen molar-refractivity contribution in [3.05, 3.63) is 22.3 Å². The highest BCUT2D eigenvalue weighted by Crippen LogP contribution is 2.54. The van der Waals surface area contributed by atoms with E-state index in [1.165, 1.54) is 0 Å². The van der Waals surface area contributed by atoms with Crippen molar-refractivity contribution in [3.63, 3.8) is 0 Å². The van der Waals surface area contributed by atoms with E-state index in [2.05, 4.69) is 9.98 Å². The second-order valence-corrected chi connectivity index (χ2v) is 6.73. The highest BCUT2D eigenvalue weighted by atomic mass is 19.1. The first-order valence-corrected chi connectivity index (χ1v) is 7.68. The van der Waals surface area contributed by atoms with Gasteiger partial charge in [-0.1, -0.05) is 6.08 Å². The number of aliphatic imine (C=N–C) groups is 2. The Balaban J connectivity index is 1.69. The number of rotatable bonds is 5. The topological polar surface area (TPSA) is 86.3 Å². The average molecular weight is 325 g/mol. The minimum atomic E-state index is -1.15. The van der Waals surface area contributed by atoms with Crippen molar-refractivity contribution in [1.29, 1.82) is 0 Å². The molecule has 3 fully saturated rings. The van der Waals surface area contributed by atoms with Gasteiger partial charge in [-0.25, -0.2) is 4.39 Å². The molecule has 4 aliphatic rings. The number of halogens is 1. The molecule has 1 saturated carbocycles. The molecule has 4 rings (SSSR count). The fourth-order valence-corrected chi connectivity index (χ4v) is 3.32. The standard InChI is InChI=1S/C15H20FN3O4/c1-10(2)23-12-4-3-11(13(18-12)19(20)21)5-17-14-6-15(7-14,8-16)22-9-14/h3-5,10-11,13H,6-9H2,1-2H3. The van der Waals surface area contributed by atoms with Crippen LogP contribution in [0.3, 0.4) is 0 Å². The number of fused-ring (bicyclic) bond motifs is 1. The summed E-state index contributed by atoms with van der Waals surface area (Å²) >= 11 is 0. The maximum absolute atomic E-state index is 12.9. The molecular formula is C15H20FN3O4. The van der Waals surface area contributed by atoms with Crippen LogP contribution in [0.4, 0.5) is 4.39 Å². The van der Waals surface area contributed by atoms with Crippen LogP contribution in [0.2, 0.25) is 0 Å². The summed E-state index contributed by atoms with van der Waals surface area (Å²) in [5.74, 6) is -0.284. The smallest absolute Gasteiger partial charge is 0.317 e. The summed E-state index contributed by atoms with van der Waals surface area (Å²) in [6, 6.07) is 0. The van der Waals surface area contributed by atoms with E-state index in [1.807, 2.05) is 13.8 Å². The van der Waals surface area contributed by atoms with Crippen molar-refractivity contribution >= 4 is 12.1 Å². The van der Waals surface area contributed by atoms with Gasteiger partial charge in [-0.3, -0.25) is 15.1 Å². The van der Waals surface area contributed by atoms with Crippen molar-refractivity contribution in [3.8, 4) is 0 Å². The van der Waals surface area contributed by atoms with Gasteiger partial charge in [-0.2, -0.15) is 4.99 Å². The summed E-state index contributed by atoms with van der Waals surface area (Å²) in [5, 5.41) is 11.3. The minimum absolute atomic E-state index is 0.102. The van der Waals surface area contributed by atoms with Crippen LogP contribution < -0.4 is 0 Å². The molecule has 2 unspecified atom stereocenters. The number of hydrogen-bond donors (Lipinski definition) is 0. The summed E-state index contributed by atoms with van der Waals surface area (Å²) in [5.41, 5.74) is -1.09. The molecule has 1 aliphatic carbocycles. The minimum Gasteiger partial charge on any atom is -0.475 e. The zero-order valence-electron chi connectivity index (χ0n) is 13.1. The van der Waals surface area contributed by atoms with E-state index in [9.17, 15) is 14.5 Å². The second kappa shape index (κ2) is 5.67. The number of nitrogens with zero attached hydrogens (tertiary/aromatic N) is 3. The zero-order valence-corrected chi connectivity index (χ0v) is 13.1. The first kappa shape index (κ1) is 16.0. The number of nitro groups is 1. The Morgan fingerprint density at radius 2 is 2.39 bits per heavy atom. The summed E-state index contributed by atoms with van der Waals surface area (Å²) in [4.78, 5) is 19.3. The van der Waals surface area contributed by atoms with Gasteiger partial charge >= 0.3 is 6.17 Å². The Morgan fingerprint density at radius 3 is 2.96 bits per heavy atom. The SMILES string of the molecule is CC(C)OC1=NC([N+](=O)[O-])C(C=NC23COC(CF)(C2)C3)C=C1. The molecule has 3 heterocycles. The molecule has 0 N–H and O–H groups in total. The van der Waals surface area contributed by atoms with Crippen LogP contribution in [-0.4, -0.2) is 53.7 Å². The summed E-state index contributed by atoms with van der Waals surface area (Å²) in [6.07, 6.45) is 4.68. The van der Waals surface area contributed by atoms with Gasteiger partial charge in [0.25, 0.3) is 0 Å². The van der Waals surface area contributed by atoms with Crippen LogP contribution in [0.1, 0.15) is 26.7 Å². The van der Waals surface area contributed by atoms with Crippen molar-refractivity contribution in [2.75, 3.05) is 13.3 Å². The molecule has 0 amide bonds. The van der Waals surface area contributed by atoms with E-state index in [0.717, 1.165) is 0 Å². The predicted octanol–water partition coefficient (Wildman–Crippen LogP) is 1.94. The number of alkyl halides is 1. The fourth-order valence-electron chi connectivity index (χ4n) is 3.32. The molecule has 0 spiro atoms. The third-order valence-corrected chi connectivity index (χ3v) is 4.35. The molecule has 23 heavy (non-hydrogen) atoms. The van der Waals surface area contributed by atoms with Gasteiger partial charge in [-0.05, 0) is 19.9 Å². The second-order valence-electron chi connectivity index (χ2n) is 6.73. The van der Waals surface area contributed by atoms with Gasteiger partial charge in [0.2, 0.25) is 5.90 Å². The highest BCUT2D eigenvalue weighted by Gasteiger charge is 2.62. The number of hydrogen-bond acceptors (Lipinski definition) is 6. The molecule has 2 atom stereocenters. The van der Waals surface area contributed by atoms with E-state index in [4.69, 9.17) is 9.47 Å². The first-order chi connectivity index (χ1) is 10.9. The quantitative estimate of drug-likeness (QED) is 0.439. The van der Waals surface area contributed by atoms with Crippen LogP contribution in [0.15, 0.2) is 22.1 Å². The van der Waals surface area contributed by atoms with Crippen LogP contribution >= 0.6 is 0 Å². The lowest BCUT2D eigenvalue weighted by Gasteiger charge is -2.40. The number of ether oxygens (including phenoxy) is 2. The number of dihydropyridines is 1. The van der Waals surface area contributed by atoms with Crippen molar-refractivity contribution < 1.29 is 18.8 Å². The predicted molar refractivity (Wildman–Crippen MR) is 82.2 cm³/mol. The molecular weight excluding hydrogens is 305 g/mol. The Kier molecular flexibility index (Phi) is 3.95. The van der Waals surface area contributed by atoms with Gasteiger partial charge in [0.1, 0.15) is 18.2 Å². The maximum atomic E-state index is 12.9. The molecule has 3 aliphatic heterocycles. The maximum Gasteiger partial charge on any atom is 0.317 e. The van der Waals surface area contributed by atoms with Gasteiger partial charge in [0, 0.05) is 24.0 Å². The molecule has 2 saturated heterocycles. The highest BCUT2D eigenvalue weighted by molar-refractivity contribution is 5.90. The molecule has 0 aromatic heterocycles. The monoisotopic (exact) mass is 325 g/mol. The van der Waals surface area contributed by atoms with Crippen LogP contribution in [0, 0.1) is 16.0 Å². The lowest BCUT2D eigenvalue weighted by molar-refractivity contribution is -0.524. The molecule has 0 radical (unpaired) electrons. The summed E-state index contributed by atoms with van der Waals surface area (Å²) in [7, 11) is 0. The molecule has 0 aromatic carbocycles. The van der Waals surface area contributed by atoms with E-state index < -0.39 is 34.8 Å². The molecule has 7 nitrogen and oxygen atoms in total. The van der Waals surface area contributed by atoms with Crippen molar-refractivity contribution in [1.82, 2.24) is 0 Å². The summed E-state index contributed by atoms with van der Waals surface area (Å²) < 4.78 is 23.8. The normalized spacial score (nSPS) is 38.7. The largest absolute Gasteiger partial charge is 0.475 e. The Hall–Kier alpha value is -1.83. The zero-order chi connectivity index (χ0) is 16.7. The lowest BCUT2D eigenvalue weighted by Crippen LogP contribution is -2.49. The van der Waals surface area contributed by atoms with Crippen LogP contribution in [0.25, 0.3) is 0 Å². The van der Waals surface area contributed by atoms with Gasteiger partial charge in [0.05, 0.1) is 18.2 Å². The van der Waals surface area contributed by atoms with Crippen LogP contribution in [0.5, 0.6) is 0 Å². The van der Waals surface area contributed by atoms with Crippen molar-refractivity contribution in [2.45, 2.75) is 50.1 Å².